The molecule has 1 amide bonds. The summed E-state index contributed by atoms with van der Waals surface area (Å²) in [4.78, 5) is 64.4. The van der Waals surface area contributed by atoms with E-state index in [1.54, 1.807) is 100 Å². The highest BCUT2D eigenvalue weighted by Crippen LogP contribution is 2.56. The highest BCUT2D eigenvalue weighted by Gasteiger charge is 2.55. The number of aliphatic hydroxyl groups excluding tert-OH is 7. The molecule has 0 saturated carbocycles. The lowest BCUT2D eigenvalue weighted by Gasteiger charge is -2.49. The van der Waals surface area contributed by atoms with Gasteiger partial charge in [0, 0.05) is 157 Å². The van der Waals surface area contributed by atoms with Gasteiger partial charge in [-0.15, -0.1) is 0 Å². The minimum atomic E-state index is -2.04. The average molecular weight is 1860 g/mol. The van der Waals surface area contributed by atoms with Gasteiger partial charge in [-0.25, -0.2) is 0 Å². The summed E-state index contributed by atoms with van der Waals surface area (Å²) >= 11 is 0. The van der Waals surface area contributed by atoms with Gasteiger partial charge in [0.25, 0.3) is 11.7 Å². The Bertz CT molecular complexity index is 4100. The lowest BCUT2D eigenvalue weighted by molar-refractivity contribution is -0.317. The minimum Gasteiger partial charge on any atom is -0.507 e. The molecule has 37 nitrogen and oxygen atoms in total. The second-order valence-corrected chi connectivity index (χ2v) is 37.3. The normalized spacial score (nSPS) is 36.4. The Kier molecular flexibility index (Phi) is 43.7. The Morgan fingerprint density at radius 3 is 1.94 bits per heavy atom. The highest BCUT2D eigenvalue weighted by molar-refractivity contribution is 6.24. The van der Waals surface area contributed by atoms with Gasteiger partial charge in [-0.2, -0.15) is 5.10 Å². The highest BCUT2D eigenvalue weighted by atomic mass is 16.7. The topological polar surface area (TPSA) is 502 Å². The van der Waals surface area contributed by atoms with Crippen LogP contribution in [0.25, 0.3) is 10.8 Å². The van der Waals surface area contributed by atoms with Crippen LogP contribution in [0.1, 0.15) is 192 Å². The maximum atomic E-state index is 14.4. The summed E-state index contributed by atoms with van der Waals surface area (Å²) < 4.78 is 71.7. The molecule has 7 aliphatic rings. The number of phenols is 3. The van der Waals surface area contributed by atoms with Gasteiger partial charge in [0.1, 0.15) is 47.3 Å². The Labute approximate surface area is 773 Å². The first-order chi connectivity index (χ1) is 61.5. The first kappa shape index (κ1) is 113. The number of esters is 2. The van der Waals surface area contributed by atoms with Crippen LogP contribution < -0.4 is 20.7 Å². The molecule has 0 aliphatic carbocycles. The number of amides is 1. The number of phenolic OH excluding ortho intramolecular Hbond substituents is 3. The smallest absolute Gasteiger partial charge is 0.312 e. The zero-order valence-corrected chi connectivity index (χ0v) is 82.0. The zero-order valence-electron chi connectivity index (χ0n) is 82.0. The summed E-state index contributed by atoms with van der Waals surface area (Å²) in [7, 11) is 10.2. The quantitative estimate of drug-likeness (QED) is 0.00940. The van der Waals surface area contributed by atoms with E-state index in [-0.39, 0.29) is 115 Å². The number of nitrogens with one attached hydrogen (secondary N) is 3. The Morgan fingerprint density at radius 2 is 1.37 bits per heavy atom. The van der Waals surface area contributed by atoms with E-state index in [1.807, 2.05) is 53.7 Å². The summed E-state index contributed by atoms with van der Waals surface area (Å²) in [5.74, 6) is -12.5. The number of hydrogen-bond donors (Lipinski definition) is 15. The van der Waals surface area contributed by atoms with Gasteiger partial charge < -0.3 is 149 Å². The van der Waals surface area contributed by atoms with E-state index in [0.29, 0.717) is 31.8 Å². The molecule has 9 rings (SSSR count). The van der Waals surface area contributed by atoms with Crippen molar-refractivity contribution in [2.45, 2.75) is 304 Å². The number of fused-ring (bicyclic) bond motifs is 14. The van der Waals surface area contributed by atoms with Crippen LogP contribution in [0.15, 0.2) is 46.4 Å². The fourth-order valence-corrected chi connectivity index (χ4v) is 18.1. The number of hydrogen-bond acceptors (Lipinski definition) is 36. The summed E-state index contributed by atoms with van der Waals surface area (Å²) in [6, 6.07) is 0.0720. The number of aliphatic hydroxyl groups is 9. The van der Waals surface area contributed by atoms with Crippen LogP contribution in [0.3, 0.4) is 0 Å². The Balaban J connectivity index is 0.000000351. The summed E-state index contributed by atoms with van der Waals surface area (Å²) in [5, 5.41) is 155. The Hall–Kier alpha value is -6.90. The van der Waals surface area contributed by atoms with Gasteiger partial charge in [-0.1, -0.05) is 92.6 Å². The number of likely N-dealkylation sites (N-methyl/N-ethyl adjacent to an activating group) is 2. The summed E-state index contributed by atoms with van der Waals surface area (Å²) in [5.41, 5.74) is -4.84. The van der Waals surface area contributed by atoms with Gasteiger partial charge in [-0.3, -0.25) is 24.2 Å². The molecule has 7 aliphatic heterocycles. The predicted molar refractivity (Wildman–Crippen MR) is 491 cm³/mol. The van der Waals surface area contributed by atoms with E-state index < -0.39 is 191 Å². The first-order valence-corrected chi connectivity index (χ1v) is 46.0. The van der Waals surface area contributed by atoms with E-state index in [4.69, 9.17) is 71.9 Å². The number of carbonyl (C=O) groups excluding carboxylic acids is 4. The molecule has 7 heterocycles. The number of methoxy groups -OCH3 is 3. The minimum absolute atomic E-state index is 0.0307. The third-order valence-corrected chi connectivity index (χ3v) is 26.9. The van der Waals surface area contributed by atoms with Gasteiger partial charge in [-0.05, 0) is 115 Å². The maximum Gasteiger partial charge on any atom is 0.312 e. The SMILES string of the molecule is CC[C@@H](CO)NCCN[C@@H](CC)CO.CC[C@H]1OC(=O)[C@H](C)[C@@H](O[C@H]2C[C@@](C)(OC)[C@@H](O)[C@H](C)O2)[C@H](C)[C@@H](O[C@@H]2O[C@H](C)C[C@H](N(C)C)[C@H]2O)[C@](C)(O)C[C@@H](C)/C(=N\OCOCCOC)[C@H](C)[C@@H](O)[C@]1(C)O.CO[C@H]1/C=C/O[C@@]2(C)Oc3c(C)c(O)c4c(O)c(c(/C=N\N5CCN(C)CC5)c(O)c4c3C2=O)NC(=O)/C(C)=C\C=C\[C@H](C)[C@H](O)[C@@H](C)[C@@H](O)[C@@H](C)[C@H](OC(C)=O)[C@@H]1C. The average Bonchev–Trinajstić information content (AvgIpc) is 1.57. The van der Waals surface area contributed by atoms with Crippen LogP contribution in [0.4, 0.5) is 5.69 Å². The number of oxime groups is 1. The maximum absolute atomic E-state index is 14.4. The lowest BCUT2D eigenvalue weighted by atomic mass is 9.73. The van der Waals surface area contributed by atoms with Crippen molar-refractivity contribution in [3.8, 4) is 23.0 Å². The molecule has 29 atom stereocenters. The number of nitrogens with zero attached hydrogens (tertiary/aromatic N) is 5. The molecule has 2 aromatic carbocycles. The number of rotatable bonds is 26. The number of aromatic hydroxyl groups is 3. The molecule has 0 radical (unpaired) electrons. The van der Waals surface area contributed by atoms with E-state index in [2.05, 4.69) is 31.1 Å². The lowest BCUT2D eigenvalue weighted by Crippen LogP contribution is -2.61. The number of ketones is 1. The van der Waals surface area contributed by atoms with Crippen LogP contribution in [-0.2, 0) is 71.3 Å². The van der Waals surface area contributed by atoms with E-state index in [0.717, 1.165) is 39.0 Å². The van der Waals surface area contributed by atoms with Crippen LogP contribution in [0.2, 0.25) is 0 Å². The van der Waals surface area contributed by atoms with E-state index in [9.17, 15) is 70.2 Å². The largest absolute Gasteiger partial charge is 0.507 e. The zero-order chi connectivity index (χ0) is 98.4. The second-order valence-electron chi connectivity index (χ2n) is 37.3. The molecular weight excluding hydrogens is 1710 g/mol. The number of anilines is 1. The molecule has 0 spiro atoms. The molecule has 15 N–H and O–H groups in total. The Morgan fingerprint density at radius 1 is 0.748 bits per heavy atom. The monoisotopic (exact) mass is 1860 g/mol. The number of piperazine rings is 1. The fraction of sp³-hybridized carbons (Fsp3) is 0.766. The van der Waals surface area contributed by atoms with Crippen molar-refractivity contribution in [2.24, 2.45) is 57.6 Å². The standard InChI is InChI=1S/C43H58N4O12.C41H76N2O15.C10H24N2O2/c1-21-12-11-13-22(2)42(55)45-33-28(20-44-47-17-15-46(9)16-18-47)37(52)30-31(38(33)53)36(51)26(6)40-32(30)41(54)43(8,59-40)57-19-14-29(56-10)23(3)39(58-27(7)48)25(5)35(50)24(4)34(21)49;1-15-29-41(10,49)34(45)24(4)31(42-53-21-52-17-16-50-13)22(2)19-39(8,48)36(58-38-32(44)28(43(11)12)18-23(3)54-38)25(5)33(26(6)37(47)56-29)57-30-20-40(9,51-14)35(46)27(7)55-30;1-3-9(7-13)11-5-6-12-10(4-2)8-14/h11-14,19-21,23-25,29,34-35,39,49-53H,15-18H2,1-10H3,(H,45,55);22-30,32-36,38,44-46,48-49H,15-21H2,1-14H3;9-14H,3-8H2,1-2H3/b12-11+,19-14+,22-13-,44-20-;42-31+;/t21-,23+,24+,25+,29-,34-,35+,39+,43-;22-,23-,24+,25+,26-,27+,28+,29-,30+,32-,33+,34-,35+,36-,38+,39-,40-,41-;9-,10-/m010/s1. The van der Waals surface area contributed by atoms with Crippen LogP contribution in [0.5, 0.6) is 23.0 Å². The van der Waals surface area contributed by atoms with Gasteiger partial charge in [0.15, 0.2) is 18.3 Å². The number of benzene rings is 2. The number of Topliss-reactive ketones (excluding diaryl/α,β-unsaturated/α-hetero) is 1. The van der Waals surface area contributed by atoms with Crippen LogP contribution >= 0.6 is 0 Å². The van der Waals surface area contributed by atoms with Crippen molar-refractivity contribution < 1.29 is 142 Å². The van der Waals surface area contributed by atoms with Crippen molar-refractivity contribution in [2.75, 3.05) is 120 Å². The van der Waals surface area contributed by atoms with Crippen LogP contribution in [0, 0.1) is 54.3 Å². The van der Waals surface area contributed by atoms with Crippen molar-refractivity contribution >= 4 is 52.0 Å². The molecule has 2 aromatic rings. The third kappa shape index (κ3) is 28.4. The molecule has 4 fully saturated rings. The molecular formula is C94H158N8O29. The molecule has 748 valence electrons. The van der Waals surface area contributed by atoms with Gasteiger partial charge in [0.2, 0.25) is 6.79 Å². The van der Waals surface area contributed by atoms with Gasteiger partial charge >= 0.3 is 17.7 Å². The first-order valence-electron chi connectivity index (χ1n) is 46.0. The predicted octanol–water partition coefficient (Wildman–Crippen LogP) is 6.25. The van der Waals surface area contributed by atoms with E-state index in [1.165, 1.54) is 73.5 Å². The molecule has 0 unspecified atom stereocenters. The summed E-state index contributed by atoms with van der Waals surface area (Å²) in [6.45, 7) is 38.5. The number of allylic oxidation sites excluding steroid dienone is 2. The van der Waals surface area contributed by atoms with Crippen molar-refractivity contribution in [1.82, 2.24) is 25.4 Å². The fourth-order valence-electron chi connectivity index (χ4n) is 18.1. The number of cyclic esters (lactones) is 1. The molecule has 0 aromatic heterocycles. The van der Waals surface area contributed by atoms with Crippen molar-refractivity contribution in [3.05, 3.63) is 52.8 Å². The van der Waals surface area contributed by atoms with Crippen LogP contribution in [-0.4, -0.2) is 353 Å². The molecule has 5 bridgehead atoms. The second kappa shape index (κ2) is 50.8. The molecule has 37 heteroatoms. The molecule has 4 saturated heterocycles. The third-order valence-electron chi connectivity index (χ3n) is 26.9. The molecule has 131 heavy (non-hydrogen) atoms. The van der Waals surface area contributed by atoms with Crippen molar-refractivity contribution in [1.29, 1.82) is 0 Å². The number of ether oxygens (including phenoxy) is 12. The van der Waals surface area contributed by atoms with Crippen molar-refractivity contribution in [3.63, 3.8) is 0 Å². The van der Waals surface area contributed by atoms with E-state index >= 15 is 0 Å². The summed E-state index contributed by atoms with van der Waals surface area (Å²) in [6.07, 6.45) is -2.76. The van der Waals surface area contributed by atoms with Gasteiger partial charge in [0.05, 0.1) is 133 Å². The number of carbonyl (C=O) groups is 4. The number of hydrazone groups is 1.